The maximum absolute atomic E-state index is 2.48. The molecule has 1 heteroatoms. The van der Waals surface area contributed by atoms with Gasteiger partial charge in [0.25, 0.3) is 0 Å². The molecule has 0 radical (unpaired) electrons. The Morgan fingerprint density at radius 3 is 1.55 bits per heavy atom. The Bertz CT molecular complexity index is 3250. The van der Waals surface area contributed by atoms with Crippen LogP contribution in [0.25, 0.3) is 66.4 Å². The molecule has 12 rings (SSSR count). The second-order valence-corrected chi connectivity index (χ2v) is 16.0. The monoisotopic (exact) mass is 761 g/mol. The summed E-state index contributed by atoms with van der Waals surface area (Å²) in [6, 6.07) is 87.4. The molecule has 0 saturated heterocycles. The zero-order valence-corrected chi connectivity index (χ0v) is 33.0. The first-order chi connectivity index (χ1) is 29.8. The summed E-state index contributed by atoms with van der Waals surface area (Å²) in [5, 5.41) is 2.50. The van der Waals surface area contributed by atoms with Gasteiger partial charge in [-0.1, -0.05) is 194 Å². The van der Waals surface area contributed by atoms with Gasteiger partial charge in [-0.25, -0.2) is 0 Å². The topological polar surface area (TPSA) is 3.24 Å². The maximum atomic E-state index is 2.48. The lowest BCUT2D eigenvalue weighted by atomic mass is 9.70. The first-order valence-corrected chi connectivity index (χ1v) is 20.8. The van der Waals surface area contributed by atoms with Crippen LogP contribution in [-0.4, -0.2) is 0 Å². The van der Waals surface area contributed by atoms with Gasteiger partial charge in [0.05, 0.1) is 11.1 Å². The molecule has 60 heavy (non-hydrogen) atoms. The average Bonchev–Trinajstić information content (AvgIpc) is 3.80. The van der Waals surface area contributed by atoms with E-state index < -0.39 is 5.41 Å². The van der Waals surface area contributed by atoms with Crippen molar-refractivity contribution < 1.29 is 0 Å². The standard InChI is InChI=1S/C59H39N/c1-3-15-40(16-4-1)45-21-13-22-49(38-45)60(48-34-31-43(32-35-48)46-30-29-42-19-7-8-20-44(42)37-46)57-28-14-27-55-58(57)52-24-10-12-26-54(52)59(55)53-25-11-9-23-50(53)51-36-33-47(39-56(51)59)41-17-5-2-6-18-41/h1-39H. The van der Waals surface area contributed by atoms with E-state index in [0.29, 0.717) is 0 Å². The molecule has 1 spiro atoms. The van der Waals surface area contributed by atoms with Crippen LogP contribution in [0.1, 0.15) is 22.3 Å². The van der Waals surface area contributed by atoms with E-state index in [9.17, 15) is 0 Å². The second kappa shape index (κ2) is 13.7. The van der Waals surface area contributed by atoms with E-state index in [0.717, 1.165) is 17.1 Å². The summed E-state index contributed by atoms with van der Waals surface area (Å²) >= 11 is 0. The summed E-state index contributed by atoms with van der Waals surface area (Å²) < 4.78 is 0. The Morgan fingerprint density at radius 2 is 0.783 bits per heavy atom. The first kappa shape index (κ1) is 34.3. The zero-order valence-electron chi connectivity index (χ0n) is 33.0. The molecule has 1 atom stereocenters. The molecular weight excluding hydrogens is 723 g/mol. The van der Waals surface area contributed by atoms with Crippen molar-refractivity contribution in [3.63, 3.8) is 0 Å². The van der Waals surface area contributed by atoms with Crippen molar-refractivity contribution in [3.05, 3.63) is 259 Å². The van der Waals surface area contributed by atoms with Crippen LogP contribution in [0.4, 0.5) is 17.1 Å². The van der Waals surface area contributed by atoms with Crippen LogP contribution in [0.15, 0.2) is 237 Å². The van der Waals surface area contributed by atoms with Gasteiger partial charge in [0.2, 0.25) is 0 Å². The number of benzene rings is 10. The van der Waals surface area contributed by atoms with Crippen molar-refractivity contribution in [2.75, 3.05) is 4.90 Å². The van der Waals surface area contributed by atoms with Gasteiger partial charge in [-0.15, -0.1) is 0 Å². The van der Waals surface area contributed by atoms with Crippen LogP contribution in [-0.2, 0) is 5.41 Å². The Morgan fingerprint density at radius 1 is 0.267 bits per heavy atom. The van der Waals surface area contributed by atoms with Gasteiger partial charge in [-0.05, 0) is 126 Å². The van der Waals surface area contributed by atoms with Gasteiger partial charge in [-0.3, -0.25) is 0 Å². The fraction of sp³-hybridized carbons (Fsp3) is 0.0169. The summed E-state index contributed by atoms with van der Waals surface area (Å²) in [6.45, 7) is 0. The molecule has 0 bridgehead atoms. The fourth-order valence-electron chi connectivity index (χ4n) is 10.2. The molecule has 2 aliphatic rings. The van der Waals surface area contributed by atoms with Gasteiger partial charge in [0.15, 0.2) is 0 Å². The van der Waals surface area contributed by atoms with Gasteiger partial charge in [0, 0.05) is 16.9 Å². The van der Waals surface area contributed by atoms with E-state index in [1.165, 1.54) is 88.7 Å². The Kier molecular flexibility index (Phi) is 7.83. The highest BCUT2D eigenvalue weighted by Gasteiger charge is 2.52. The molecule has 0 aromatic heterocycles. The van der Waals surface area contributed by atoms with E-state index in [1.54, 1.807) is 0 Å². The second-order valence-electron chi connectivity index (χ2n) is 16.0. The molecule has 0 fully saturated rings. The molecule has 1 nitrogen and oxygen atoms in total. The Balaban J connectivity index is 1.10. The lowest BCUT2D eigenvalue weighted by Gasteiger charge is -2.32. The maximum Gasteiger partial charge on any atom is 0.0726 e. The number of rotatable bonds is 6. The summed E-state index contributed by atoms with van der Waals surface area (Å²) in [7, 11) is 0. The van der Waals surface area contributed by atoms with E-state index in [-0.39, 0.29) is 0 Å². The average molecular weight is 762 g/mol. The third kappa shape index (κ3) is 5.19. The minimum atomic E-state index is -0.490. The quantitative estimate of drug-likeness (QED) is 0.163. The molecule has 0 amide bonds. The zero-order chi connectivity index (χ0) is 39.6. The summed E-state index contributed by atoms with van der Waals surface area (Å²) in [5.41, 5.74) is 20.6. The minimum Gasteiger partial charge on any atom is -0.310 e. The molecule has 10 aromatic rings. The Hall–Kier alpha value is -7.74. The van der Waals surface area contributed by atoms with Crippen LogP contribution in [0.2, 0.25) is 0 Å². The third-order valence-corrected chi connectivity index (χ3v) is 12.9. The molecular formula is C59H39N. The van der Waals surface area contributed by atoms with E-state index in [2.05, 4.69) is 241 Å². The highest BCUT2D eigenvalue weighted by molar-refractivity contribution is 6.02. The van der Waals surface area contributed by atoms with Gasteiger partial charge < -0.3 is 4.90 Å². The molecule has 1 unspecified atom stereocenters. The molecule has 280 valence electrons. The predicted molar refractivity (Wildman–Crippen MR) is 251 cm³/mol. The highest BCUT2D eigenvalue weighted by atomic mass is 15.1. The molecule has 0 saturated carbocycles. The number of anilines is 3. The van der Waals surface area contributed by atoms with Crippen molar-refractivity contribution in [3.8, 4) is 55.6 Å². The largest absolute Gasteiger partial charge is 0.310 e. The van der Waals surface area contributed by atoms with Crippen molar-refractivity contribution in [2.24, 2.45) is 0 Å². The van der Waals surface area contributed by atoms with Crippen LogP contribution in [0.5, 0.6) is 0 Å². The lowest BCUT2D eigenvalue weighted by molar-refractivity contribution is 0.794. The van der Waals surface area contributed by atoms with Crippen molar-refractivity contribution in [1.82, 2.24) is 0 Å². The molecule has 10 aromatic carbocycles. The highest BCUT2D eigenvalue weighted by Crippen LogP contribution is 2.65. The van der Waals surface area contributed by atoms with E-state index in [4.69, 9.17) is 0 Å². The van der Waals surface area contributed by atoms with Gasteiger partial charge in [0.1, 0.15) is 0 Å². The Labute approximate surface area is 351 Å². The third-order valence-electron chi connectivity index (χ3n) is 12.9. The van der Waals surface area contributed by atoms with Crippen LogP contribution in [0.3, 0.4) is 0 Å². The first-order valence-electron chi connectivity index (χ1n) is 20.8. The van der Waals surface area contributed by atoms with Crippen LogP contribution in [0, 0.1) is 0 Å². The van der Waals surface area contributed by atoms with E-state index in [1.807, 2.05) is 0 Å². The van der Waals surface area contributed by atoms with E-state index >= 15 is 0 Å². The number of fused-ring (bicyclic) bond motifs is 11. The summed E-state index contributed by atoms with van der Waals surface area (Å²) in [6.07, 6.45) is 0. The molecule has 0 heterocycles. The van der Waals surface area contributed by atoms with Crippen LogP contribution < -0.4 is 4.90 Å². The van der Waals surface area contributed by atoms with Crippen molar-refractivity contribution >= 4 is 27.8 Å². The molecule has 0 N–H and O–H groups in total. The van der Waals surface area contributed by atoms with Crippen molar-refractivity contribution in [1.29, 1.82) is 0 Å². The van der Waals surface area contributed by atoms with Crippen LogP contribution >= 0.6 is 0 Å². The lowest BCUT2D eigenvalue weighted by Crippen LogP contribution is -2.26. The van der Waals surface area contributed by atoms with Crippen molar-refractivity contribution in [2.45, 2.75) is 5.41 Å². The van der Waals surface area contributed by atoms with Gasteiger partial charge >= 0.3 is 0 Å². The predicted octanol–water partition coefficient (Wildman–Crippen LogP) is 15.7. The SMILES string of the molecule is c1ccc(-c2cccc(N(c3ccc(-c4ccc5ccccc5c4)cc3)c3cccc4c3-c3ccccc3C43c4ccccc4-c4ccc(-c5ccccc5)cc43)c2)cc1. The van der Waals surface area contributed by atoms with Gasteiger partial charge in [-0.2, -0.15) is 0 Å². The summed E-state index contributed by atoms with van der Waals surface area (Å²) in [5.74, 6) is 0. The molecule has 0 aliphatic heterocycles. The normalized spacial score (nSPS) is 14.4. The molecule has 2 aliphatic carbocycles. The fourth-order valence-corrected chi connectivity index (χ4v) is 10.2. The number of hydrogen-bond donors (Lipinski definition) is 0. The number of hydrogen-bond acceptors (Lipinski definition) is 1. The minimum absolute atomic E-state index is 0.490. The summed E-state index contributed by atoms with van der Waals surface area (Å²) in [4.78, 5) is 2.48. The smallest absolute Gasteiger partial charge is 0.0726 e. The number of nitrogens with zero attached hydrogens (tertiary/aromatic N) is 1.